The number of benzene rings is 2. The predicted molar refractivity (Wildman–Crippen MR) is 131 cm³/mol. The molecule has 2 amide bonds. The summed E-state index contributed by atoms with van der Waals surface area (Å²) in [7, 11) is 1.48. The molecular weight excluding hydrogens is 464 g/mol. The molecule has 33 heavy (non-hydrogen) atoms. The van der Waals surface area contributed by atoms with Gasteiger partial charge in [0.15, 0.2) is 16.6 Å². The summed E-state index contributed by atoms with van der Waals surface area (Å²) in [4.78, 5) is 24.1. The van der Waals surface area contributed by atoms with Crippen LogP contribution in [0.2, 0.25) is 5.02 Å². The highest BCUT2D eigenvalue weighted by Crippen LogP contribution is 2.37. The molecule has 0 radical (unpaired) electrons. The number of halogens is 1. The van der Waals surface area contributed by atoms with Gasteiger partial charge in [-0.25, -0.2) is 0 Å². The minimum atomic E-state index is -0.589. The van der Waals surface area contributed by atoms with E-state index in [1.165, 1.54) is 18.7 Å². The summed E-state index contributed by atoms with van der Waals surface area (Å²) >= 11 is 11.2. The molecule has 1 aliphatic rings. The molecule has 1 saturated heterocycles. The van der Waals surface area contributed by atoms with Gasteiger partial charge < -0.3 is 14.2 Å². The predicted octanol–water partition coefficient (Wildman–Crippen LogP) is 4.23. The second-order valence-electron chi connectivity index (χ2n) is 7.40. The van der Waals surface area contributed by atoms with Gasteiger partial charge in [0.2, 0.25) is 0 Å². The summed E-state index contributed by atoms with van der Waals surface area (Å²) in [6, 6.07) is 11.2. The Morgan fingerprint density at radius 1 is 1.06 bits per heavy atom. The van der Waals surface area contributed by atoms with Crippen LogP contribution in [0.15, 0.2) is 42.0 Å². The van der Waals surface area contributed by atoms with Crippen molar-refractivity contribution in [1.82, 2.24) is 10.6 Å². The monoisotopic (exact) mass is 488 g/mol. The van der Waals surface area contributed by atoms with Gasteiger partial charge in [-0.3, -0.25) is 20.2 Å². The highest BCUT2D eigenvalue weighted by atomic mass is 35.5. The van der Waals surface area contributed by atoms with Crippen molar-refractivity contribution >= 4 is 46.8 Å². The third-order valence-electron chi connectivity index (χ3n) is 5.17. The zero-order chi connectivity index (χ0) is 24.0. The summed E-state index contributed by atoms with van der Waals surface area (Å²) in [5.74, 6) is 0.793. The first-order valence-corrected chi connectivity index (χ1v) is 11.2. The van der Waals surface area contributed by atoms with Crippen LogP contribution in [0.3, 0.4) is 0 Å². The van der Waals surface area contributed by atoms with Gasteiger partial charge in [0.1, 0.15) is 24.5 Å². The molecule has 0 aliphatic carbocycles. The number of ether oxygens (including phenoxy) is 3. The molecule has 2 N–H and O–H groups in total. The molecule has 1 aliphatic heterocycles. The van der Waals surface area contributed by atoms with Crippen LogP contribution in [0.25, 0.3) is 6.08 Å². The van der Waals surface area contributed by atoms with Crippen LogP contribution in [-0.2, 0) is 9.59 Å². The topological polar surface area (TPSA) is 85.9 Å². The Labute approximate surface area is 203 Å². The van der Waals surface area contributed by atoms with Gasteiger partial charge >= 0.3 is 0 Å². The zero-order valence-electron chi connectivity index (χ0n) is 18.6. The van der Waals surface area contributed by atoms with Crippen LogP contribution in [0.4, 0.5) is 0 Å². The molecule has 1 fully saturated rings. The van der Waals surface area contributed by atoms with Crippen molar-refractivity contribution in [3.05, 3.63) is 58.1 Å². The van der Waals surface area contributed by atoms with E-state index in [-0.39, 0.29) is 22.3 Å². The minimum absolute atomic E-state index is 0.0322. The van der Waals surface area contributed by atoms with Crippen molar-refractivity contribution in [1.29, 1.82) is 0 Å². The molecule has 1 atom stereocenters. The van der Waals surface area contributed by atoms with Crippen LogP contribution in [0.5, 0.6) is 17.2 Å². The molecular formula is C24H25ClN2O5S. The Hall–Kier alpha value is -3.10. The molecule has 174 valence electrons. The number of rotatable bonds is 9. The van der Waals surface area contributed by atoms with Crippen molar-refractivity contribution in [2.75, 3.05) is 20.3 Å². The average molecular weight is 489 g/mol. The van der Waals surface area contributed by atoms with Gasteiger partial charge in [0.05, 0.1) is 12.1 Å². The smallest absolute Gasteiger partial charge is 0.263 e. The van der Waals surface area contributed by atoms with Crippen molar-refractivity contribution in [2.24, 2.45) is 0 Å². The van der Waals surface area contributed by atoms with Gasteiger partial charge in [-0.15, -0.1) is 0 Å². The standard InChI is InChI=1S/C24H25ClN2O5S/c1-4-14(2)16-5-7-17(8-6-16)31-9-10-32-21-19(25)12-15(13-20(21)30-3)11-18-22(28)26-24(33)27-23(18)29/h5-8,11-14H,4,9-10H2,1-3H3,(H2,26,27,28,29,33)/t14-/m1/s1. The van der Waals surface area contributed by atoms with E-state index in [9.17, 15) is 9.59 Å². The van der Waals surface area contributed by atoms with E-state index in [0.717, 1.165) is 12.2 Å². The lowest BCUT2D eigenvalue weighted by atomic mass is 9.99. The van der Waals surface area contributed by atoms with Crippen molar-refractivity contribution < 1.29 is 23.8 Å². The lowest BCUT2D eigenvalue weighted by Crippen LogP contribution is -2.51. The van der Waals surface area contributed by atoms with Gasteiger partial charge in [0, 0.05) is 0 Å². The Balaban J connectivity index is 1.64. The largest absolute Gasteiger partial charge is 0.493 e. The quantitative estimate of drug-likeness (QED) is 0.238. The SMILES string of the molecule is CC[C@@H](C)c1ccc(OCCOc2c(Cl)cc(C=C3C(=O)NC(=S)NC3=O)cc2OC)cc1. The molecule has 7 nitrogen and oxygen atoms in total. The highest BCUT2D eigenvalue weighted by Gasteiger charge is 2.26. The number of hydrogen-bond donors (Lipinski definition) is 2. The highest BCUT2D eigenvalue weighted by molar-refractivity contribution is 7.80. The van der Waals surface area contributed by atoms with Crippen LogP contribution < -0.4 is 24.8 Å². The first-order valence-electron chi connectivity index (χ1n) is 10.4. The lowest BCUT2D eigenvalue weighted by molar-refractivity contribution is -0.123. The Morgan fingerprint density at radius 3 is 2.30 bits per heavy atom. The minimum Gasteiger partial charge on any atom is -0.493 e. The number of nitrogens with one attached hydrogen (secondary N) is 2. The first-order chi connectivity index (χ1) is 15.8. The third kappa shape index (κ3) is 6.24. The van der Waals surface area contributed by atoms with Crippen LogP contribution >= 0.6 is 23.8 Å². The summed E-state index contributed by atoms with van der Waals surface area (Å²) in [6.07, 6.45) is 2.48. The fraction of sp³-hybridized carbons (Fsp3) is 0.292. The average Bonchev–Trinajstić information content (AvgIpc) is 2.79. The molecule has 3 rings (SSSR count). The third-order valence-corrected chi connectivity index (χ3v) is 5.65. The van der Waals surface area contributed by atoms with Crippen LogP contribution in [0, 0.1) is 0 Å². The van der Waals surface area contributed by atoms with E-state index in [0.29, 0.717) is 29.6 Å². The Bertz CT molecular complexity index is 1060. The molecule has 0 spiro atoms. The number of amides is 2. The summed E-state index contributed by atoms with van der Waals surface area (Å²) in [5.41, 5.74) is 1.68. The summed E-state index contributed by atoms with van der Waals surface area (Å²) in [6.45, 7) is 4.91. The van der Waals surface area contributed by atoms with Crippen molar-refractivity contribution in [2.45, 2.75) is 26.2 Å². The van der Waals surface area contributed by atoms with E-state index in [1.807, 2.05) is 12.1 Å². The van der Waals surface area contributed by atoms with Crippen LogP contribution in [-0.4, -0.2) is 37.3 Å². The molecule has 2 aromatic carbocycles. The second-order valence-corrected chi connectivity index (χ2v) is 8.22. The number of thiocarbonyl (C=S) groups is 1. The van der Waals surface area contributed by atoms with E-state index in [2.05, 4.69) is 36.6 Å². The molecule has 1 heterocycles. The van der Waals surface area contributed by atoms with Gasteiger partial charge in [-0.2, -0.15) is 0 Å². The van der Waals surface area contributed by atoms with E-state index < -0.39 is 11.8 Å². The maximum atomic E-state index is 12.1. The fourth-order valence-corrected chi connectivity index (χ4v) is 3.63. The zero-order valence-corrected chi connectivity index (χ0v) is 20.1. The molecule has 9 heteroatoms. The number of hydrogen-bond acceptors (Lipinski definition) is 6. The molecule has 2 aromatic rings. The van der Waals surface area contributed by atoms with Gasteiger partial charge in [0.25, 0.3) is 11.8 Å². The Kier molecular flexibility index (Phi) is 8.30. The summed E-state index contributed by atoms with van der Waals surface area (Å²) in [5, 5.41) is 5.00. The van der Waals surface area contributed by atoms with Gasteiger partial charge in [-0.1, -0.05) is 37.6 Å². The first kappa shape index (κ1) is 24.5. The summed E-state index contributed by atoms with van der Waals surface area (Å²) < 4.78 is 16.9. The van der Waals surface area contributed by atoms with Crippen LogP contribution in [0.1, 0.15) is 37.3 Å². The molecule has 0 saturated carbocycles. The molecule has 0 aromatic heterocycles. The van der Waals surface area contributed by atoms with E-state index in [4.69, 9.17) is 38.0 Å². The Morgan fingerprint density at radius 2 is 1.70 bits per heavy atom. The van der Waals surface area contributed by atoms with Gasteiger partial charge in [-0.05, 0) is 66.0 Å². The second kappa shape index (κ2) is 11.2. The maximum Gasteiger partial charge on any atom is 0.263 e. The van der Waals surface area contributed by atoms with E-state index in [1.54, 1.807) is 12.1 Å². The molecule has 0 unspecified atom stereocenters. The van der Waals surface area contributed by atoms with Crippen molar-refractivity contribution in [3.8, 4) is 17.2 Å². The van der Waals surface area contributed by atoms with Crippen molar-refractivity contribution in [3.63, 3.8) is 0 Å². The maximum absolute atomic E-state index is 12.1. The number of carbonyl (C=O) groups excluding carboxylic acids is 2. The van der Waals surface area contributed by atoms with E-state index >= 15 is 0 Å². The number of carbonyl (C=O) groups is 2. The normalized spacial score (nSPS) is 14.3. The fourth-order valence-electron chi connectivity index (χ4n) is 3.17. The molecule has 0 bridgehead atoms. The number of methoxy groups -OCH3 is 1. The lowest BCUT2D eigenvalue weighted by Gasteiger charge is -2.17.